The molecule has 1 saturated carbocycles. The number of rotatable bonds is 3. The first-order valence-corrected chi connectivity index (χ1v) is 7.39. The van der Waals surface area contributed by atoms with Gasteiger partial charge in [0.05, 0.1) is 0 Å². The second kappa shape index (κ2) is 5.19. The van der Waals surface area contributed by atoms with Crippen LogP contribution in [0.25, 0.3) is 0 Å². The van der Waals surface area contributed by atoms with Crippen molar-refractivity contribution in [1.82, 2.24) is 4.90 Å². The number of piperidine rings is 1. The van der Waals surface area contributed by atoms with Gasteiger partial charge in [-0.15, -0.1) is 0 Å². The molecule has 0 spiro atoms. The molecule has 1 aromatic carbocycles. The third kappa shape index (κ3) is 2.23. The molecule has 2 aliphatic rings. The summed E-state index contributed by atoms with van der Waals surface area (Å²) in [7, 11) is 0. The van der Waals surface area contributed by atoms with Crippen LogP contribution in [0.5, 0.6) is 0 Å². The Kier molecular flexibility index (Phi) is 3.52. The van der Waals surface area contributed by atoms with Gasteiger partial charge in [0.1, 0.15) is 5.54 Å². The largest absolute Gasteiger partial charge is 0.480 e. The lowest BCUT2D eigenvalue weighted by molar-refractivity contribution is -0.154. The molecular formula is C16H22N2O2. The Bertz CT molecular complexity index is 475. The minimum Gasteiger partial charge on any atom is -0.480 e. The van der Waals surface area contributed by atoms with Crippen LogP contribution in [0, 0.1) is 11.8 Å². The van der Waals surface area contributed by atoms with Crippen LogP contribution < -0.4 is 5.73 Å². The molecule has 1 unspecified atom stereocenters. The van der Waals surface area contributed by atoms with Crippen molar-refractivity contribution in [2.75, 3.05) is 13.1 Å². The number of hydrogen-bond donors (Lipinski definition) is 2. The summed E-state index contributed by atoms with van der Waals surface area (Å²) in [6, 6.07) is 10.4. The number of likely N-dealkylation sites (tertiary alicyclic amines) is 1. The first-order chi connectivity index (χ1) is 9.60. The Labute approximate surface area is 119 Å². The summed E-state index contributed by atoms with van der Waals surface area (Å²) in [4.78, 5) is 14.0. The number of carboxylic acids is 1. The van der Waals surface area contributed by atoms with Crippen LogP contribution in [-0.4, -0.2) is 34.6 Å². The lowest BCUT2D eigenvalue weighted by Gasteiger charge is -2.51. The van der Waals surface area contributed by atoms with Crippen molar-refractivity contribution in [2.45, 2.75) is 31.3 Å². The van der Waals surface area contributed by atoms with Gasteiger partial charge in [-0.1, -0.05) is 36.8 Å². The van der Waals surface area contributed by atoms with Crippen molar-refractivity contribution >= 4 is 5.97 Å². The molecule has 1 saturated heterocycles. The van der Waals surface area contributed by atoms with E-state index in [0.717, 1.165) is 38.9 Å². The van der Waals surface area contributed by atoms with Crippen LogP contribution in [0.2, 0.25) is 0 Å². The van der Waals surface area contributed by atoms with Gasteiger partial charge in [0.25, 0.3) is 0 Å². The van der Waals surface area contributed by atoms with Gasteiger partial charge in [0.15, 0.2) is 0 Å². The number of hydrogen-bond acceptors (Lipinski definition) is 3. The Morgan fingerprint density at radius 3 is 2.40 bits per heavy atom. The number of benzene rings is 1. The fraction of sp³-hybridized carbons (Fsp3) is 0.562. The van der Waals surface area contributed by atoms with E-state index < -0.39 is 11.5 Å². The van der Waals surface area contributed by atoms with E-state index in [2.05, 4.69) is 17.0 Å². The average molecular weight is 274 g/mol. The number of fused-ring (bicyclic) bond motifs is 2. The Morgan fingerprint density at radius 2 is 1.85 bits per heavy atom. The predicted molar refractivity (Wildman–Crippen MR) is 77.1 cm³/mol. The molecule has 0 amide bonds. The van der Waals surface area contributed by atoms with Crippen molar-refractivity contribution in [2.24, 2.45) is 17.6 Å². The molecule has 0 radical (unpaired) electrons. The highest BCUT2D eigenvalue weighted by Gasteiger charge is 2.54. The quantitative estimate of drug-likeness (QED) is 0.880. The third-order valence-corrected chi connectivity index (χ3v) is 5.03. The van der Waals surface area contributed by atoms with Gasteiger partial charge in [-0.3, -0.25) is 9.69 Å². The van der Waals surface area contributed by atoms with Gasteiger partial charge in [0.2, 0.25) is 0 Å². The number of nitrogens with zero attached hydrogens (tertiary/aromatic N) is 1. The molecule has 1 heterocycles. The summed E-state index contributed by atoms with van der Waals surface area (Å²) < 4.78 is 0. The van der Waals surface area contributed by atoms with E-state index in [-0.39, 0.29) is 11.8 Å². The first kappa shape index (κ1) is 13.6. The van der Waals surface area contributed by atoms with Crippen molar-refractivity contribution in [1.29, 1.82) is 0 Å². The SMILES string of the molecule is NC1(C(=O)O)[C@@H]2CCC[C@H]1CN(Cc1ccccc1)C2. The van der Waals surface area contributed by atoms with Crippen LogP contribution in [-0.2, 0) is 11.3 Å². The first-order valence-electron chi connectivity index (χ1n) is 7.39. The molecule has 4 nitrogen and oxygen atoms in total. The molecule has 3 rings (SSSR count). The zero-order chi connectivity index (χ0) is 14.2. The number of nitrogens with two attached hydrogens (primary N) is 1. The average Bonchev–Trinajstić information content (AvgIpc) is 2.41. The molecule has 3 N–H and O–H groups in total. The predicted octanol–water partition coefficient (Wildman–Crippen LogP) is 1.70. The summed E-state index contributed by atoms with van der Waals surface area (Å²) >= 11 is 0. The van der Waals surface area contributed by atoms with Gasteiger partial charge >= 0.3 is 5.97 Å². The summed E-state index contributed by atoms with van der Waals surface area (Å²) in [5.74, 6) is -0.654. The van der Waals surface area contributed by atoms with E-state index >= 15 is 0 Å². The molecule has 0 aromatic heterocycles. The summed E-state index contributed by atoms with van der Waals surface area (Å²) in [6.07, 6.45) is 2.98. The van der Waals surface area contributed by atoms with Crippen molar-refractivity contribution < 1.29 is 9.90 Å². The van der Waals surface area contributed by atoms with Crippen LogP contribution in [0.4, 0.5) is 0 Å². The molecule has 2 fully saturated rings. The van der Waals surface area contributed by atoms with Gasteiger partial charge in [-0.2, -0.15) is 0 Å². The van der Waals surface area contributed by atoms with Crippen LogP contribution >= 0.6 is 0 Å². The van der Waals surface area contributed by atoms with Crippen LogP contribution in [0.15, 0.2) is 30.3 Å². The van der Waals surface area contributed by atoms with E-state index in [9.17, 15) is 9.90 Å². The Hall–Kier alpha value is -1.39. The number of aliphatic carboxylic acids is 1. The molecule has 108 valence electrons. The lowest BCUT2D eigenvalue weighted by atomic mass is 9.63. The second-order valence-electron chi connectivity index (χ2n) is 6.24. The fourth-order valence-electron chi connectivity index (χ4n) is 3.92. The van der Waals surface area contributed by atoms with Crippen molar-refractivity contribution in [3.8, 4) is 0 Å². The highest BCUT2D eigenvalue weighted by molar-refractivity contribution is 5.80. The van der Waals surface area contributed by atoms with E-state index in [1.54, 1.807) is 0 Å². The summed E-state index contributed by atoms with van der Waals surface area (Å²) in [5, 5.41) is 9.54. The van der Waals surface area contributed by atoms with Gasteiger partial charge in [-0.25, -0.2) is 0 Å². The van der Waals surface area contributed by atoms with E-state index in [0.29, 0.717) is 0 Å². The maximum absolute atomic E-state index is 11.6. The van der Waals surface area contributed by atoms with Crippen molar-refractivity contribution in [3.05, 3.63) is 35.9 Å². The maximum Gasteiger partial charge on any atom is 0.324 e. The Morgan fingerprint density at radius 1 is 1.25 bits per heavy atom. The molecule has 1 aliphatic heterocycles. The summed E-state index contributed by atoms with van der Waals surface area (Å²) in [6.45, 7) is 2.49. The standard InChI is InChI=1S/C16H22N2O2/c17-16(15(19)20)13-7-4-8-14(16)11-18(10-13)9-12-5-2-1-3-6-12/h1-3,5-6,13-14H,4,7-11,17H2,(H,19,20)/t13-,14+,16?. The number of carboxylic acid groups (broad SMARTS) is 1. The van der Waals surface area contributed by atoms with Crippen LogP contribution in [0.1, 0.15) is 24.8 Å². The molecule has 1 aromatic rings. The van der Waals surface area contributed by atoms with Crippen LogP contribution in [0.3, 0.4) is 0 Å². The highest BCUT2D eigenvalue weighted by Crippen LogP contribution is 2.41. The molecule has 4 heteroatoms. The zero-order valence-corrected chi connectivity index (χ0v) is 11.7. The van der Waals surface area contributed by atoms with E-state index in [1.807, 2.05) is 18.2 Å². The normalized spacial score (nSPS) is 33.9. The smallest absolute Gasteiger partial charge is 0.324 e. The molecule has 3 atom stereocenters. The maximum atomic E-state index is 11.6. The van der Waals surface area contributed by atoms with Gasteiger partial charge in [0, 0.05) is 31.5 Å². The van der Waals surface area contributed by atoms with Gasteiger partial charge < -0.3 is 10.8 Å². The minimum atomic E-state index is -1.01. The summed E-state index contributed by atoms with van der Waals surface area (Å²) in [5.41, 5.74) is 6.56. The molecular weight excluding hydrogens is 252 g/mol. The van der Waals surface area contributed by atoms with Crippen molar-refractivity contribution in [3.63, 3.8) is 0 Å². The minimum absolute atomic E-state index is 0.0798. The zero-order valence-electron chi connectivity index (χ0n) is 11.7. The third-order valence-electron chi connectivity index (χ3n) is 5.03. The lowest BCUT2D eigenvalue weighted by Crippen LogP contribution is -2.68. The fourth-order valence-corrected chi connectivity index (χ4v) is 3.92. The van der Waals surface area contributed by atoms with E-state index in [4.69, 9.17) is 5.73 Å². The second-order valence-corrected chi connectivity index (χ2v) is 6.24. The molecule has 1 aliphatic carbocycles. The number of carbonyl (C=O) groups is 1. The molecule has 20 heavy (non-hydrogen) atoms. The highest BCUT2D eigenvalue weighted by atomic mass is 16.4. The Balaban J connectivity index is 1.76. The van der Waals surface area contributed by atoms with E-state index in [1.165, 1.54) is 5.56 Å². The topological polar surface area (TPSA) is 66.6 Å². The monoisotopic (exact) mass is 274 g/mol. The molecule has 2 bridgehead atoms. The van der Waals surface area contributed by atoms with Gasteiger partial charge in [-0.05, 0) is 18.4 Å².